The molecule has 0 atom stereocenters. The SMILES string of the molecule is COC(=O)CN(C)C(=O)c1cc(F)cnc1Cl. The van der Waals surface area contributed by atoms with Gasteiger partial charge in [0.05, 0.1) is 18.9 Å². The van der Waals surface area contributed by atoms with E-state index in [4.69, 9.17) is 11.6 Å². The minimum atomic E-state index is -0.677. The van der Waals surface area contributed by atoms with Gasteiger partial charge in [-0.2, -0.15) is 0 Å². The average molecular weight is 261 g/mol. The molecule has 0 aliphatic carbocycles. The topological polar surface area (TPSA) is 59.5 Å². The van der Waals surface area contributed by atoms with Crippen LogP contribution in [0.4, 0.5) is 4.39 Å². The maximum Gasteiger partial charge on any atom is 0.325 e. The number of likely N-dealkylation sites (N-methyl/N-ethyl adjacent to an activating group) is 1. The van der Waals surface area contributed by atoms with Crippen LogP contribution in [0.5, 0.6) is 0 Å². The van der Waals surface area contributed by atoms with Crippen LogP contribution in [0.25, 0.3) is 0 Å². The standard InChI is InChI=1S/C10H10ClFN2O3/c1-14(5-8(15)17-2)10(16)7-3-6(12)4-13-9(7)11/h3-4H,5H2,1-2H3. The Labute approximate surface area is 102 Å². The van der Waals surface area contributed by atoms with Crippen molar-refractivity contribution in [3.05, 3.63) is 28.8 Å². The molecule has 1 aromatic heterocycles. The van der Waals surface area contributed by atoms with Crippen LogP contribution in [-0.4, -0.2) is 42.5 Å². The fourth-order valence-electron chi connectivity index (χ4n) is 1.11. The minimum absolute atomic E-state index is 0.0990. The second-order valence-electron chi connectivity index (χ2n) is 3.23. The first-order chi connectivity index (χ1) is 7.95. The van der Waals surface area contributed by atoms with Gasteiger partial charge in [0.1, 0.15) is 17.5 Å². The number of amides is 1. The Morgan fingerprint density at radius 1 is 1.59 bits per heavy atom. The molecule has 92 valence electrons. The van der Waals surface area contributed by atoms with Crippen LogP contribution in [0.2, 0.25) is 5.15 Å². The molecule has 0 unspecified atom stereocenters. The van der Waals surface area contributed by atoms with Crippen molar-refractivity contribution in [3.8, 4) is 0 Å². The minimum Gasteiger partial charge on any atom is -0.468 e. The Kier molecular flexibility index (Phi) is 4.39. The van der Waals surface area contributed by atoms with E-state index in [0.29, 0.717) is 0 Å². The van der Waals surface area contributed by atoms with E-state index in [1.54, 1.807) is 0 Å². The van der Waals surface area contributed by atoms with Crippen molar-refractivity contribution < 1.29 is 18.7 Å². The zero-order valence-electron chi connectivity index (χ0n) is 9.24. The van der Waals surface area contributed by atoms with E-state index < -0.39 is 17.7 Å². The number of carbonyl (C=O) groups excluding carboxylic acids is 2. The van der Waals surface area contributed by atoms with E-state index in [1.165, 1.54) is 14.2 Å². The predicted octanol–water partition coefficient (Wildman–Crippen LogP) is 1.12. The van der Waals surface area contributed by atoms with Crippen molar-refractivity contribution in [1.29, 1.82) is 0 Å². The molecule has 7 heteroatoms. The summed E-state index contributed by atoms with van der Waals surface area (Å²) in [6.45, 7) is -0.248. The largest absolute Gasteiger partial charge is 0.468 e. The second kappa shape index (κ2) is 5.58. The van der Waals surface area contributed by atoms with Gasteiger partial charge in [-0.15, -0.1) is 0 Å². The van der Waals surface area contributed by atoms with Crippen molar-refractivity contribution in [3.63, 3.8) is 0 Å². The summed E-state index contributed by atoms with van der Waals surface area (Å²) in [5.74, 6) is -1.86. The summed E-state index contributed by atoms with van der Waals surface area (Å²) in [4.78, 5) is 27.3. The van der Waals surface area contributed by atoms with Gasteiger partial charge in [-0.3, -0.25) is 9.59 Å². The number of hydrogen-bond acceptors (Lipinski definition) is 4. The quantitative estimate of drug-likeness (QED) is 0.604. The molecule has 5 nitrogen and oxygen atoms in total. The molecule has 0 fully saturated rings. The van der Waals surface area contributed by atoms with Gasteiger partial charge in [0.2, 0.25) is 0 Å². The molecular formula is C10H10ClFN2O3. The molecular weight excluding hydrogens is 251 g/mol. The molecule has 0 radical (unpaired) electrons. The third-order valence-corrected chi connectivity index (χ3v) is 2.28. The van der Waals surface area contributed by atoms with Crippen molar-refractivity contribution in [2.45, 2.75) is 0 Å². The highest BCUT2D eigenvalue weighted by Gasteiger charge is 2.19. The van der Waals surface area contributed by atoms with E-state index in [2.05, 4.69) is 9.72 Å². The fraction of sp³-hybridized carbons (Fsp3) is 0.300. The summed E-state index contributed by atoms with van der Waals surface area (Å²) in [5.41, 5.74) is -0.0990. The Bertz CT molecular complexity index is 453. The molecule has 1 rings (SSSR count). The third-order valence-electron chi connectivity index (χ3n) is 1.98. The summed E-state index contributed by atoms with van der Waals surface area (Å²) < 4.78 is 17.3. The van der Waals surface area contributed by atoms with Crippen molar-refractivity contribution in [1.82, 2.24) is 9.88 Å². The summed E-state index contributed by atoms with van der Waals surface area (Å²) >= 11 is 5.66. The molecule has 0 saturated carbocycles. The maximum atomic E-state index is 12.9. The number of carbonyl (C=O) groups is 2. The maximum absolute atomic E-state index is 12.9. The summed E-state index contributed by atoms with van der Waals surface area (Å²) in [6, 6.07) is 0.964. The Balaban J connectivity index is 2.88. The van der Waals surface area contributed by atoms with Crippen LogP contribution in [0.3, 0.4) is 0 Å². The number of aromatic nitrogens is 1. The first-order valence-corrected chi connectivity index (χ1v) is 4.96. The van der Waals surface area contributed by atoms with Crippen molar-refractivity contribution in [2.24, 2.45) is 0 Å². The van der Waals surface area contributed by atoms with E-state index in [1.807, 2.05) is 0 Å². The molecule has 0 aliphatic heterocycles. The van der Waals surface area contributed by atoms with Gasteiger partial charge in [0.25, 0.3) is 5.91 Å². The van der Waals surface area contributed by atoms with E-state index >= 15 is 0 Å². The van der Waals surface area contributed by atoms with E-state index in [9.17, 15) is 14.0 Å². The molecule has 0 N–H and O–H groups in total. The highest BCUT2D eigenvalue weighted by molar-refractivity contribution is 6.32. The van der Waals surface area contributed by atoms with Crippen LogP contribution in [0.15, 0.2) is 12.3 Å². The number of nitrogens with zero attached hydrogens (tertiary/aromatic N) is 2. The van der Waals surface area contributed by atoms with Crippen LogP contribution < -0.4 is 0 Å². The fourth-order valence-corrected chi connectivity index (χ4v) is 1.29. The van der Waals surface area contributed by atoms with Gasteiger partial charge in [0, 0.05) is 7.05 Å². The highest BCUT2D eigenvalue weighted by atomic mass is 35.5. The lowest BCUT2D eigenvalue weighted by Gasteiger charge is -2.15. The number of hydrogen-bond donors (Lipinski definition) is 0. The predicted molar refractivity (Wildman–Crippen MR) is 58.2 cm³/mol. The zero-order chi connectivity index (χ0) is 13.0. The lowest BCUT2D eigenvalue weighted by Crippen LogP contribution is -2.33. The van der Waals surface area contributed by atoms with E-state index in [-0.39, 0.29) is 17.3 Å². The van der Waals surface area contributed by atoms with Crippen LogP contribution in [0.1, 0.15) is 10.4 Å². The average Bonchev–Trinajstić information content (AvgIpc) is 2.31. The van der Waals surface area contributed by atoms with Gasteiger partial charge in [-0.25, -0.2) is 9.37 Å². The van der Waals surface area contributed by atoms with Crippen LogP contribution in [0, 0.1) is 5.82 Å². The summed E-state index contributed by atoms with van der Waals surface area (Å²) in [6.07, 6.45) is 0.902. The number of ether oxygens (including phenoxy) is 1. The van der Waals surface area contributed by atoms with E-state index in [0.717, 1.165) is 17.2 Å². The van der Waals surface area contributed by atoms with Gasteiger partial charge >= 0.3 is 5.97 Å². The highest BCUT2D eigenvalue weighted by Crippen LogP contribution is 2.15. The molecule has 1 aromatic rings. The molecule has 17 heavy (non-hydrogen) atoms. The molecule has 0 saturated heterocycles. The normalized spacial score (nSPS) is 9.88. The summed E-state index contributed by atoms with van der Waals surface area (Å²) in [7, 11) is 2.58. The number of methoxy groups -OCH3 is 1. The lowest BCUT2D eigenvalue weighted by atomic mass is 10.2. The molecule has 0 aromatic carbocycles. The smallest absolute Gasteiger partial charge is 0.325 e. The lowest BCUT2D eigenvalue weighted by molar-refractivity contribution is -0.141. The van der Waals surface area contributed by atoms with Crippen LogP contribution in [-0.2, 0) is 9.53 Å². The molecule has 1 heterocycles. The first-order valence-electron chi connectivity index (χ1n) is 4.59. The Morgan fingerprint density at radius 3 is 2.82 bits per heavy atom. The van der Waals surface area contributed by atoms with Crippen molar-refractivity contribution >= 4 is 23.5 Å². The number of rotatable bonds is 3. The Morgan fingerprint density at radius 2 is 2.24 bits per heavy atom. The number of esters is 1. The summed E-state index contributed by atoms with van der Waals surface area (Å²) in [5, 5.41) is -0.117. The van der Waals surface area contributed by atoms with Gasteiger partial charge in [0.15, 0.2) is 0 Å². The van der Waals surface area contributed by atoms with Crippen molar-refractivity contribution in [2.75, 3.05) is 20.7 Å². The number of pyridine rings is 1. The van der Waals surface area contributed by atoms with Crippen LogP contribution >= 0.6 is 11.6 Å². The molecule has 1 amide bonds. The Hall–Kier alpha value is -1.69. The van der Waals surface area contributed by atoms with Gasteiger partial charge < -0.3 is 9.64 Å². The third kappa shape index (κ3) is 3.39. The number of halogens is 2. The van der Waals surface area contributed by atoms with Gasteiger partial charge in [-0.05, 0) is 6.07 Å². The zero-order valence-corrected chi connectivity index (χ0v) is 9.99. The first kappa shape index (κ1) is 13.4. The monoisotopic (exact) mass is 260 g/mol. The molecule has 0 spiro atoms. The molecule has 0 bridgehead atoms. The molecule has 0 aliphatic rings. The second-order valence-corrected chi connectivity index (χ2v) is 3.59. The van der Waals surface area contributed by atoms with Gasteiger partial charge in [-0.1, -0.05) is 11.6 Å².